The molecular formula is C10H11N3O. The van der Waals surface area contributed by atoms with E-state index in [-0.39, 0.29) is 0 Å². The maximum Gasteiger partial charge on any atom is 0.198 e. The van der Waals surface area contributed by atoms with Crippen LogP contribution in [0.5, 0.6) is 5.75 Å². The van der Waals surface area contributed by atoms with Crippen LogP contribution in [0.25, 0.3) is 11.0 Å². The highest BCUT2D eigenvalue weighted by molar-refractivity contribution is 5.78. The van der Waals surface area contributed by atoms with E-state index in [1.54, 1.807) is 6.08 Å². The summed E-state index contributed by atoms with van der Waals surface area (Å²) in [6.07, 6.45) is 1.70. The second kappa shape index (κ2) is 3.41. The lowest BCUT2D eigenvalue weighted by atomic mass is 10.3. The number of ether oxygens (including phenoxy) is 1. The molecule has 0 aliphatic carbocycles. The highest BCUT2D eigenvalue weighted by atomic mass is 16.5. The normalized spacial score (nSPS) is 10.3. The van der Waals surface area contributed by atoms with Crippen LogP contribution in [0.3, 0.4) is 0 Å². The van der Waals surface area contributed by atoms with Crippen molar-refractivity contribution in [2.45, 2.75) is 0 Å². The van der Waals surface area contributed by atoms with Crippen LogP contribution in [-0.2, 0) is 0 Å². The van der Waals surface area contributed by atoms with Crippen LogP contribution in [0.2, 0.25) is 0 Å². The molecule has 1 heterocycles. The van der Waals surface area contributed by atoms with E-state index in [1.807, 2.05) is 18.2 Å². The molecule has 4 nitrogen and oxygen atoms in total. The molecule has 0 bridgehead atoms. The maximum absolute atomic E-state index is 5.52. The number of hydrogen-bond donors (Lipinski definition) is 2. The van der Waals surface area contributed by atoms with Crippen LogP contribution >= 0.6 is 0 Å². The van der Waals surface area contributed by atoms with Crippen molar-refractivity contribution in [2.24, 2.45) is 0 Å². The summed E-state index contributed by atoms with van der Waals surface area (Å²) in [5.41, 5.74) is 7.24. The van der Waals surface area contributed by atoms with Crippen molar-refractivity contribution in [3.8, 4) is 5.75 Å². The first-order valence-electron chi connectivity index (χ1n) is 4.28. The SMILES string of the molecule is C=CCOc1ccc2[nH]c(N)nc2c1. The number of nitrogen functional groups attached to an aromatic ring is 1. The molecular weight excluding hydrogens is 178 g/mol. The summed E-state index contributed by atoms with van der Waals surface area (Å²) < 4.78 is 5.36. The number of anilines is 1. The first-order chi connectivity index (χ1) is 6.79. The summed E-state index contributed by atoms with van der Waals surface area (Å²) in [5.74, 6) is 1.18. The molecule has 0 unspecified atom stereocenters. The van der Waals surface area contributed by atoms with Crippen molar-refractivity contribution in [3.05, 3.63) is 30.9 Å². The minimum absolute atomic E-state index is 0.417. The highest BCUT2D eigenvalue weighted by Crippen LogP contribution is 2.19. The van der Waals surface area contributed by atoms with Crippen molar-refractivity contribution < 1.29 is 4.74 Å². The largest absolute Gasteiger partial charge is 0.489 e. The number of rotatable bonds is 3. The van der Waals surface area contributed by atoms with Gasteiger partial charge in [-0.15, -0.1) is 0 Å². The van der Waals surface area contributed by atoms with E-state index < -0.39 is 0 Å². The molecule has 0 radical (unpaired) electrons. The number of imidazole rings is 1. The van der Waals surface area contributed by atoms with Crippen LogP contribution < -0.4 is 10.5 Å². The van der Waals surface area contributed by atoms with Gasteiger partial charge >= 0.3 is 0 Å². The molecule has 0 fully saturated rings. The fourth-order valence-corrected chi connectivity index (χ4v) is 1.25. The van der Waals surface area contributed by atoms with E-state index in [2.05, 4.69) is 16.5 Å². The molecule has 72 valence electrons. The monoisotopic (exact) mass is 189 g/mol. The molecule has 4 heteroatoms. The number of fused-ring (bicyclic) bond motifs is 1. The van der Waals surface area contributed by atoms with Crippen LogP contribution in [-0.4, -0.2) is 16.6 Å². The molecule has 2 rings (SSSR count). The molecule has 14 heavy (non-hydrogen) atoms. The zero-order valence-corrected chi connectivity index (χ0v) is 7.66. The summed E-state index contributed by atoms with van der Waals surface area (Å²) in [6, 6.07) is 5.59. The smallest absolute Gasteiger partial charge is 0.198 e. The third-order valence-corrected chi connectivity index (χ3v) is 1.84. The Morgan fingerprint density at radius 1 is 1.57 bits per heavy atom. The number of aromatic nitrogens is 2. The molecule has 2 aromatic rings. The Morgan fingerprint density at radius 3 is 3.21 bits per heavy atom. The lowest BCUT2D eigenvalue weighted by Gasteiger charge is -2.01. The van der Waals surface area contributed by atoms with Gasteiger partial charge in [-0.05, 0) is 12.1 Å². The minimum Gasteiger partial charge on any atom is -0.489 e. The van der Waals surface area contributed by atoms with Gasteiger partial charge in [-0.2, -0.15) is 0 Å². The van der Waals surface area contributed by atoms with Gasteiger partial charge in [0.1, 0.15) is 12.4 Å². The van der Waals surface area contributed by atoms with Crippen LogP contribution in [0.15, 0.2) is 30.9 Å². The summed E-state index contributed by atoms with van der Waals surface area (Å²) in [7, 11) is 0. The fraction of sp³-hybridized carbons (Fsp3) is 0.100. The Bertz CT molecular complexity index is 461. The maximum atomic E-state index is 5.52. The van der Waals surface area contributed by atoms with Crippen molar-refractivity contribution >= 4 is 17.0 Å². The second-order valence-corrected chi connectivity index (χ2v) is 2.90. The average Bonchev–Trinajstić information content (AvgIpc) is 2.54. The van der Waals surface area contributed by atoms with Crippen molar-refractivity contribution in [3.63, 3.8) is 0 Å². The molecule has 0 atom stereocenters. The van der Waals surface area contributed by atoms with Crippen molar-refractivity contribution in [2.75, 3.05) is 12.3 Å². The van der Waals surface area contributed by atoms with Crippen LogP contribution in [0.1, 0.15) is 0 Å². The fourth-order valence-electron chi connectivity index (χ4n) is 1.25. The number of hydrogen-bond acceptors (Lipinski definition) is 3. The Morgan fingerprint density at radius 2 is 2.43 bits per heavy atom. The number of aromatic amines is 1. The highest BCUT2D eigenvalue weighted by Gasteiger charge is 2.00. The van der Waals surface area contributed by atoms with E-state index in [0.29, 0.717) is 12.6 Å². The Kier molecular flexibility index (Phi) is 2.10. The molecule has 1 aromatic heterocycles. The zero-order chi connectivity index (χ0) is 9.97. The number of H-pyrrole nitrogens is 1. The van der Waals surface area contributed by atoms with Gasteiger partial charge in [-0.1, -0.05) is 12.7 Å². The van der Waals surface area contributed by atoms with Crippen molar-refractivity contribution in [1.82, 2.24) is 9.97 Å². The van der Waals surface area contributed by atoms with Gasteiger partial charge in [0, 0.05) is 6.07 Å². The lowest BCUT2D eigenvalue weighted by Crippen LogP contribution is -1.91. The third-order valence-electron chi connectivity index (χ3n) is 1.84. The van der Waals surface area contributed by atoms with Gasteiger partial charge in [0.15, 0.2) is 5.95 Å². The third kappa shape index (κ3) is 1.54. The summed E-state index contributed by atoms with van der Waals surface area (Å²) in [6.45, 7) is 4.07. The quantitative estimate of drug-likeness (QED) is 0.722. The summed E-state index contributed by atoms with van der Waals surface area (Å²) in [4.78, 5) is 7.03. The molecule has 0 spiro atoms. The number of nitrogens with zero attached hydrogens (tertiary/aromatic N) is 1. The predicted octanol–water partition coefficient (Wildman–Crippen LogP) is 1.71. The molecule has 0 amide bonds. The Hall–Kier alpha value is -1.97. The topological polar surface area (TPSA) is 63.9 Å². The van der Waals surface area contributed by atoms with E-state index in [0.717, 1.165) is 16.8 Å². The van der Waals surface area contributed by atoms with Gasteiger partial charge in [0.2, 0.25) is 0 Å². The first-order valence-corrected chi connectivity index (χ1v) is 4.28. The zero-order valence-electron chi connectivity index (χ0n) is 7.66. The number of nitrogens with two attached hydrogens (primary N) is 1. The molecule has 0 saturated carbocycles. The van der Waals surface area contributed by atoms with E-state index >= 15 is 0 Å². The molecule has 0 saturated heterocycles. The molecule has 3 N–H and O–H groups in total. The van der Waals surface area contributed by atoms with E-state index in [9.17, 15) is 0 Å². The van der Waals surface area contributed by atoms with Gasteiger partial charge in [0.05, 0.1) is 11.0 Å². The molecule has 0 aliphatic heterocycles. The molecule has 0 aliphatic rings. The van der Waals surface area contributed by atoms with Crippen LogP contribution in [0, 0.1) is 0 Å². The Labute approximate surface area is 81.4 Å². The standard InChI is InChI=1S/C10H11N3O/c1-2-5-14-7-3-4-8-9(6-7)13-10(11)12-8/h2-4,6H,1,5H2,(H3,11,12,13). The Balaban J connectivity index is 2.35. The minimum atomic E-state index is 0.417. The summed E-state index contributed by atoms with van der Waals surface area (Å²) >= 11 is 0. The van der Waals surface area contributed by atoms with E-state index in [4.69, 9.17) is 10.5 Å². The van der Waals surface area contributed by atoms with Crippen LogP contribution in [0.4, 0.5) is 5.95 Å². The van der Waals surface area contributed by atoms with Gasteiger partial charge in [-0.25, -0.2) is 4.98 Å². The van der Waals surface area contributed by atoms with Gasteiger partial charge < -0.3 is 15.5 Å². The first kappa shape index (κ1) is 8.62. The van der Waals surface area contributed by atoms with Gasteiger partial charge in [-0.3, -0.25) is 0 Å². The lowest BCUT2D eigenvalue weighted by molar-refractivity contribution is 0.363. The average molecular weight is 189 g/mol. The summed E-state index contributed by atoms with van der Waals surface area (Å²) in [5, 5.41) is 0. The second-order valence-electron chi connectivity index (χ2n) is 2.90. The van der Waals surface area contributed by atoms with E-state index in [1.165, 1.54) is 0 Å². The predicted molar refractivity (Wildman–Crippen MR) is 56.2 cm³/mol. The van der Waals surface area contributed by atoms with Gasteiger partial charge in [0.25, 0.3) is 0 Å². The number of nitrogens with one attached hydrogen (secondary N) is 1. The van der Waals surface area contributed by atoms with Crippen molar-refractivity contribution in [1.29, 1.82) is 0 Å². The number of benzene rings is 1. The molecule has 1 aromatic carbocycles.